The van der Waals surface area contributed by atoms with Gasteiger partial charge < -0.3 is 14.8 Å². The molecule has 0 saturated heterocycles. The summed E-state index contributed by atoms with van der Waals surface area (Å²) >= 11 is 0. The average Bonchev–Trinajstić information content (AvgIpc) is 3.17. The van der Waals surface area contributed by atoms with Crippen molar-refractivity contribution in [2.45, 2.75) is 19.8 Å². The fourth-order valence-corrected chi connectivity index (χ4v) is 3.91. The molecule has 1 aliphatic carbocycles. The maximum atomic E-state index is 13.1. The van der Waals surface area contributed by atoms with Gasteiger partial charge in [-0.15, -0.1) is 0 Å². The number of para-hydroxylation sites is 1. The van der Waals surface area contributed by atoms with Gasteiger partial charge in [-0.25, -0.2) is 4.98 Å². The lowest BCUT2D eigenvalue weighted by Gasteiger charge is -2.13. The van der Waals surface area contributed by atoms with Crippen LogP contribution in [0, 0.1) is 0 Å². The molecule has 1 aromatic heterocycles. The Balaban J connectivity index is 1.73. The van der Waals surface area contributed by atoms with E-state index in [0.29, 0.717) is 19.8 Å². The Kier molecular flexibility index (Phi) is 6.10. The quantitative estimate of drug-likeness (QED) is 0.591. The molecule has 0 aliphatic heterocycles. The van der Waals surface area contributed by atoms with Crippen molar-refractivity contribution in [2.24, 2.45) is 0 Å². The lowest BCUT2D eigenvalue weighted by molar-refractivity contribution is 0.0923. The molecule has 1 heterocycles. The summed E-state index contributed by atoms with van der Waals surface area (Å²) in [4.78, 5) is 18.0. The number of carbonyl (C=O) groups is 1. The Morgan fingerprint density at radius 3 is 2.70 bits per heavy atom. The number of ether oxygens (including phenoxy) is 2. The number of pyridine rings is 1. The second kappa shape index (κ2) is 9.09. The number of nitrogens with zero attached hydrogens (tertiary/aromatic N) is 1. The summed E-state index contributed by atoms with van der Waals surface area (Å²) in [5.74, 6) is 0.773. The van der Waals surface area contributed by atoms with Gasteiger partial charge in [0.1, 0.15) is 5.75 Å². The van der Waals surface area contributed by atoms with Crippen molar-refractivity contribution in [3.63, 3.8) is 0 Å². The van der Waals surface area contributed by atoms with Crippen LogP contribution in [0.5, 0.6) is 5.75 Å². The van der Waals surface area contributed by atoms with Crippen molar-refractivity contribution < 1.29 is 14.3 Å². The third kappa shape index (κ3) is 4.07. The topological polar surface area (TPSA) is 60.5 Å². The van der Waals surface area contributed by atoms with Gasteiger partial charge in [0, 0.05) is 18.5 Å². The van der Waals surface area contributed by atoms with E-state index < -0.39 is 0 Å². The Bertz CT molecular complexity index is 1090. The summed E-state index contributed by atoms with van der Waals surface area (Å²) in [7, 11) is 1.66. The predicted octanol–water partition coefficient (Wildman–Crippen LogP) is 4.50. The zero-order chi connectivity index (χ0) is 20.9. The van der Waals surface area contributed by atoms with Crippen LogP contribution in [0.25, 0.3) is 22.6 Å². The second-order valence-corrected chi connectivity index (χ2v) is 7.23. The molecule has 0 atom stereocenters. The molecule has 0 unspecified atom stereocenters. The van der Waals surface area contributed by atoms with Crippen molar-refractivity contribution in [2.75, 3.05) is 26.9 Å². The Morgan fingerprint density at radius 1 is 1.13 bits per heavy atom. The summed E-state index contributed by atoms with van der Waals surface area (Å²) < 4.78 is 10.6. The number of fused-ring (bicyclic) bond motifs is 2. The van der Waals surface area contributed by atoms with Crippen molar-refractivity contribution in [1.82, 2.24) is 10.3 Å². The molecule has 3 aromatic rings. The van der Waals surface area contributed by atoms with Gasteiger partial charge in [-0.1, -0.05) is 30.3 Å². The van der Waals surface area contributed by atoms with E-state index in [-0.39, 0.29) is 5.91 Å². The first kappa shape index (κ1) is 20.1. The smallest absolute Gasteiger partial charge is 0.252 e. The minimum Gasteiger partial charge on any atom is -0.497 e. The minimum absolute atomic E-state index is 0.0600. The number of hydrogen-bond donors (Lipinski definition) is 1. The van der Waals surface area contributed by atoms with Crippen LogP contribution in [-0.4, -0.2) is 37.8 Å². The lowest BCUT2D eigenvalue weighted by atomic mass is 10.00. The third-order valence-corrected chi connectivity index (χ3v) is 5.36. The van der Waals surface area contributed by atoms with E-state index in [1.807, 2.05) is 55.5 Å². The predicted molar refractivity (Wildman–Crippen MR) is 120 cm³/mol. The summed E-state index contributed by atoms with van der Waals surface area (Å²) in [6.07, 6.45) is 3.83. The van der Waals surface area contributed by atoms with E-state index in [1.54, 1.807) is 7.11 Å². The molecule has 0 bridgehead atoms. The van der Waals surface area contributed by atoms with Crippen molar-refractivity contribution >= 4 is 28.5 Å². The SMILES string of the molecule is CCOCCNC(=O)c1c2c(nc3ccccc13)/C(=C\c1ccc(OC)cc1)CC2. The standard InChI is InChI=1S/C25H26N2O3/c1-3-30-15-14-26-25(28)23-20-6-4-5-7-22(20)27-24-18(10-13-21(23)24)16-17-8-11-19(29-2)12-9-17/h4-9,11-12,16H,3,10,13-15H2,1-2H3,(H,26,28)/b18-16-. The van der Waals surface area contributed by atoms with Crippen LogP contribution in [0.4, 0.5) is 0 Å². The fourth-order valence-electron chi connectivity index (χ4n) is 3.91. The molecule has 1 amide bonds. The number of carbonyl (C=O) groups excluding carboxylic acids is 1. The van der Waals surface area contributed by atoms with Gasteiger partial charge in [0.15, 0.2) is 0 Å². The molecule has 154 valence electrons. The molecule has 0 saturated carbocycles. The molecule has 0 spiro atoms. The zero-order valence-corrected chi connectivity index (χ0v) is 17.4. The number of aromatic nitrogens is 1. The van der Waals surface area contributed by atoms with Crippen LogP contribution in [0.3, 0.4) is 0 Å². The molecule has 2 aromatic carbocycles. The van der Waals surface area contributed by atoms with Gasteiger partial charge in [-0.2, -0.15) is 0 Å². The Morgan fingerprint density at radius 2 is 1.93 bits per heavy atom. The zero-order valence-electron chi connectivity index (χ0n) is 17.4. The number of hydrogen-bond acceptors (Lipinski definition) is 4. The van der Waals surface area contributed by atoms with Crippen LogP contribution >= 0.6 is 0 Å². The molecule has 5 nitrogen and oxygen atoms in total. The number of benzene rings is 2. The highest BCUT2D eigenvalue weighted by Crippen LogP contribution is 2.37. The summed E-state index contributed by atoms with van der Waals surface area (Å²) in [5, 5.41) is 3.91. The minimum atomic E-state index is -0.0600. The summed E-state index contributed by atoms with van der Waals surface area (Å²) in [5.41, 5.74) is 5.79. The van der Waals surface area contributed by atoms with Gasteiger partial charge in [0.05, 0.1) is 30.5 Å². The molecule has 0 radical (unpaired) electrons. The van der Waals surface area contributed by atoms with Gasteiger partial charge in [-0.3, -0.25) is 4.79 Å². The molecular weight excluding hydrogens is 376 g/mol. The van der Waals surface area contributed by atoms with E-state index in [0.717, 1.165) is 57.5 Å². The van der Waals surface area contributed by atoms with Gasteiger partial charge in [0.25, 0.3) is 5.91 Å². The first-order valence-electron chi connectivity index (χ1n) is 10.3. The van der Waals surface area contributed by atoms with E-state index in [2.05, 4.69) is 11.4 Å². The van der Waals surface area contributed by atoms with E-state index in [9.17, 15) is 4.79 Å². The number of rotatable bonds is 7. The molecular formula is C25H26N2O3. The normalized spacial score (nSPS) is 14.1. The van der Waals surface area contributed by atoms with Gasteiger partial charge in [0.2, 0.25) is 0 Å². The summed E-state index contributed by atoms with van der Waals surface area (Å²) in [6, 6.07) is 15.8. The number of allylic oxidation sites excluding steroid dienone is 1. The molecule has 30 heavy (non-hydrogen) atoms. The summed E-state index contributed by atoms with van der Waals surface area (Å²) in [6.45, 7) is 3.59. The van der Waals surface area contributed by atoms with E-state index >= 15 is 0 Å². The van der Waals surface area contributed by atoms with Gasteiger partial charge >= 0.3 is 0 Å². The van der Waals surface area contributed by atoms with Crippen molar-refractivity contribution in [1.29, 1.82) is 0 Å². The fraction of sp³-hybridized carbons (Fsp3) is 0.280. The average molecular weight is 402 g/mol. The van der Waals surface area contributed by atoms with Crippen LogP contribution in [0.2, 0.25) is 0 Å². The van der Waals surface area contributed by atoms with Crippen LogP contribution in [0.1, 0.15) is 40.5 Å². The molecule has 4 rings (SSSR count). The first-order valence-corrected chi connectivity index (χ1v) is 10.3. The molecule has 0 fully saturated rings. The lowest BCUT2D eigenvalue weighted by Crippen LogP contribution is -2.28. The first-order chi connectivity index (χ1) is 14.7. The second-order valence-electron chi connectivity index (χ2n) is 7.23. The van der Waals surface area contributed by atoms with Crippen LogP contribution in [0.15, 0.2) is 48.5 Å². The number of nitrogens with one attached hydrogen (secondary N) is 1. The molecule has 1 aliphatic rings. The van der Waals surface area contributed by atoms with Crippen LogP contribution in [-0.2, 0) is 11.2 Å². The van der Waals surface area contributed by atoms with Gasteiger partial charge in [-0.05, 0) is 60.7 Å². The van der Waals surface area contributed by atoms with E-state index in [4.69, 9.17) is 14.5 Å². The van der Waals surface area contributed by atoms with E-state index in [1.165, 1.54) is 0 Å². The van der Waals surface area contributed by atoms with Crippen LogP contribution < -0.4 is 10.1 Å². The third-order valence-electron chi connectivity index (χ3n) is 5.36. The molecule has 1 N–H and O–H groups in total. The Labute approximate surface area is 176 Å². The highest BCUT2D eigenvalue weighted by atomic mass is 16.5. The number of amides is 1. The van der Waals surface area contributed by atoms with Crippen molar-refractivity contribution in [3.05, 3.63) is 70.9 Å². The van der Waals surface area contributed by atoms with Crippen molar-refractivity contribution in [3.8, 4) is 5.75 Å². The largest absolute Gasteiger partial charge is 0.497 e. The monoisotopic (exact) mass is 402 g/mol. The highest BCUT2D eigenvalue weighted by Gasteiger charge is 2.26. The Hall–Kier alpha value is -3.18. The number of methoxy groups -OCH3 is 1. The maximum Gasteiger partial charge on any atom is 0.252 e. The molecule has 5 heteroatoms. The highest BCUT2D eigenvalue weighted by molar-refractivity contribution is 6.09. The maximum absolute atomic E-state index is 13.1.